The van der Waals surface area contributed by atoms with E-state index in [-0.39, 0.29) is 5.91 Å². The predicted molar refractivity (Wildman–Crippen MR) is 107 cm³/mol. The molecule has 4 rings (SSSR count). The molecular weight excluding hydrogens is 426 g/mol. The second-order valence-corrected chi connectivity index (χ2v) is 7.88. The SMILES string of the molecule is O=C(CN1CCN(Cc2nnc(-c3ccccc3Br)o2)CC1)N1CCOCC1. The number of hydrogen-bond donors (Lipinski definition) is 0. The number of aromatic nitrogens is 2. The van der Waals surface area contributed by atoms with Crippen LogP contribution in [0.15, 0.2) is 33.2 Å². The van der Waals surface area contributed by atoms with E-state index in [9.17, 15) is 4.79 Å². The highest BCUT2D eigenvalue weighted by Gasteiger charge is 2.24. The Kier molecular flexibility index (Phi) is 6.36. The first-order valence-corrected chi connectivity index (χ1v) is 10.4. The molecule has 2 saturated heterocycles. The highest BCUT2D eigenvalue weighted by Crippen LogP contribution is 2.26. The van der Waals surface area contributed by atoms with Crippen LogP contribution in [-0.4, -0.2) is 89.8 Å². The van der Waals surface area contributed by atoms with Gasteiger partial charge in [-0.3, -0.25) is 14.6 Å². The minimum atomic E-state index is 0.201. The van der Waals surface area contributed by atoms with Gasteiger partial charge < -0.3 is 14.1 Å². The molecule has 1 aromatic carbocycles. The summed E-state index contributed by atoms with van der Waals surface area (Å²) in [5.74, 6) is 1.34. The molecule has 150 valence electrons. The van der Waals surface area contributed by atoms with Crippen LogP contribution >= 0.6 is 15.9 Å². The Morgan fingerprint density at radius 2 is 1.71 bits per heavy atom. The molecule has 28 heavy (non-hydrogen) atoms. The highest BCUT2D eigenvalue weighted by molar-refractivity contribution is 9.10. The number of benzene rings is 1. The molecule has 2 aliphatic rings. The molecule has 2 aliphatic heterocycles. The molecule has 0 N–H and O–H groups in total. The molecule has 1 aromatic heterocycles. The Morgan fingerprint density at radius 3 is 2.46 bits per heavy atom. The Hall–Kier alpha value is -1.81. The summed E-state index contributed by atoms with van der Waals surface area (Å²) in [7, 11) is 0. The largest absolute Gasteiger partial charge is 0.419 e. The van der Waals surface area contributed by atoms with E-state index in [2.05, 4.69) is 35.9 Å². The van der Waals surface area contributed by atoms with Crippen LogP contribution < -0.4 is 0 Å². The Balaban J connectivity index is 1.26. The van der Waals surface area contributed by atoms with Gasteiger partial charge in [0.1, 0.15) is 0 Å². The predicted octanol–water partition coefficient (Wildman–Crippen LogP) is 1.48. The summed E-state index contributed by atoms with van der Waals surface area (Å²) in [5, 5.41) is 8.37. The van der Waals surface area contributed by atoms with E-state index in [1.165, 1.54) is 0 Å². The second-order valence-electron chi connectivity index (χ2n) is 7.03. The van der Waals surface area contributed by atoms with Gasteiger partial charge in [-0.25, -0.2) is 0 Å². The maximum atomic E-state index is 12.4. The van der Waals surface area contributed by atoms with Gasteiger partial charge in [-0.1, -0.05) is 12.1 Å². The highest BCUT2D eigenvalue weighted by atomic mass is 79.9. The lowest BCUT2D eigenvalue weighted by atomic mass is 10.2. The third kappa shape index (κ3) is 4.78. The fourth-order valence-corrected chi connectivity index (χ4v) is 3.92. The third-order valence-corrected chi connectivity index (χ3v) is 5.81. The fraction of sp³-hybridized carbons (Fsp3) is 0.526. The molecule has 0 aliphatic carbocycles. The zero-order valence-electron chi connectivity index (χ0n) is 15.7. The van der Waals surface area contributed by atoms with Crippen LogP contribution in [-0.2, 0) is 16.1 Å². The van der Waals surface area contributed by atoms with Gasteiger partial charge in [0.15, 0.2) is 0 Å². The first-order chi connectivity index (χ1) is 13.7. The van der Waals surface area contributed by atoms with Crippen molar-refractivity contribution in [2.45, 2.75) is 6.54 Å². The lowest BCUT2D eigenvalue weighted by Crippen LogP contribution is -2.51. The fourth-order valence-electron chi connectivity index (χ4n) is 3.46. The summed E-state index contributed by atoms with van der Waals surface area (Å²) < 4.78 is 12.1. The van der Waals surface area contributed by atoms with Gasteiger partial charge >= 0.3 is 0 Å². The van der Waals surface area contributed by atoms with E-state index in [0.717, 1.165) is 36.2 Å². The Morgan fingerprint density at radius 1 is 1.00 bits per heavy atom. The first-order valence-electron chi connectivity index (χ1n) is 9.56. The van der Waals surface area contributed by atoms with Gasteiger partial charge in [-0.15, -0.1) is 10.2 Å². The van der Waals surface area contributed by atoms with Crippen molar-refractivity contribution in [2.75, 3.05) is 59.0 Å². The van der Waals surface area contributed by atoms with Crippen molar-refractivity contribution in [3.05, 3.63) is 34.6 Å². The van der Waals surface area contributed by atoms with Crippen molar-refractivity contribution in [1.82, 2.24) is 24.9 Å². The first kappa shape index (κ1) is 19.5. The lowest BCUT2D eigenvalue weighted by molar-refractivity contribution is -0.136. The summed E-state index contributed by atoms with van der Waals surface area (Å²) in [6.45, 7) is 7.29. The van der Waals surface area contributed by atoms with Gasteiger partial charge in [0.25, 0.3) is 0 Å². The normalized spacial score (nSPS) is 19.1. The van der Waals surface area contributed by atoms with E-state index in [4.69, 9.17) is 9.15 Å². The molecule has 0 spiro atoms. The average molecular weight is 450 g/mol. The molecule has 0 atom stereocenters. The molecule has 0 unspecified atom stereocenters. The number of amides is 1. The maximum absolute atomic E-state index is 12.4. The minimum absolute atomic E-state index is 0.201. The lowest BCUT2D eigenvalue weighted by Gasteiger charge is -2.35. The number of ether oxygens (including phenoxy) is 1. The topological polar surface area (TPSA) is 74.9 Å². The van der Waals surface area contributed by atoms with Crippen molar-refractivity contribution < 1.29 is 13.9 Å². The van der Waals surface area contributed by atoms with Crippen LogP contribution in [0, 0.1) is 0 Å². The molecule has 0 radical (unpaired) electrons. The number of rotatable bonds is 5. The number of carbonyl (C=O) groups excluding carboxylic acids is 1. The minimum Gasteiger partial charge on any atom is -0.419 e. The van der Waals surface area contributed by atoms with Gasteiger partial charge in [0.2, 0.25) is 17.7 Å². The Bertz CT molecular complexity index is 800. The standard InChI is InChI=1S/C19H24BrN5O3/c20-16-4-2-1-3-15(16)19-22-21-17(28-19)13-23-5-7-24(8-6-23)14-18(26)25-9-11-27-12-10-25/h1-4H,5-14H2. The average Bonchev–Trinajstić information content (AvgIpc) is 3.18. The molecule has 2 fully saturated rings. The van der Waals surface area contributed by atoms with Gasteiger partial charge in [-0.2, -0.15) is 0 Å². The van der Waals surface area contributed by atoms with Crippen LogP contribution in [0.3, 0.4) is 0 Å². The molecule has 0 saturated carbocycles. The van der Waals surface area contributed by atoms with Crippen molar-refractivity contribution >= 4 is 21.8 Å². The van der Waals surface area contributed by atoms with E-state index >= 15 is 0 Å². The van der Waals surface area contributed by atoms with Crippen molar-refractivity contribution in [1.29, 1.82) is 0 Å². The van der Waals surface area contributed by atoms with Crippen LogP contribution in [0.4, 0.5) is 0 Å². The van der Waals surface area contributed by atoms with Gasteiger partial charge in [0.05, 0.1) is 31.9 Å². The summed E-state index contributed by atoms with van der Waals surface area (Å²) in [6, 6.07) is 7.80. The molecule has 1 amide bonds. The summed E-state index contributed by atoms with van der Waals surface area (Å²) in [6.07, 6.45) is 0. The monoisotopic (exact) mass is 449 g/mol. The van der Waals surface area contributed by atoms with Crippen LogP contribution in [0.1, 0.15) is 5.89 Å². The molecule has 9 heteroatoms. The number of halogens is 1. The number of piperazine rings is 1. The summed E-state index contributed by atoms with van der Waals surface area (Å²) >= 11 is 3.51. The van der Waals surface area contributed by atoms with Crippen molar-refractivity contribution in [3.8, 4) is 11.5 Å². The van der Waals surface area contributed by atoms with Gasteiger partial charge in [0, 0.05) is 43.7 Å². The number of nitrogens with zero attached hydrogens (tertiary/aromatic N) is 5. The zero-order chi connectivity index (χ0) is 19.3. The molecular formula is C19H24BrN5O3. The Labute approximate surface area is 172 Å². The molecule has 3 heterocycles. The molecule has 0 bridgehead atoms. The zero-order valence-corrected chi connectivity index (χ0v) is 17.3. The second kappa shape index (κ2) is 9.13. The van der Waals surface area contributed by atoms with Crippen LogP contribution in [0.25, 0.3) is 11.5 Å². The molecule has 2 aromatic rings. The smallest absolute Gasteiger partial charge is 0.248 e. The van der Waals surface area contributed by atoms with E-state index in [0.29, 0.717) is 51.2 Å². The third-order valence-electron chi connectivity index (χ3n) is 5.12. The van der Waals surface area contributed by atoms with Crippen molar-refractivity contribution in [2.24, 2.45) is 0 Å². The number of carbonyl (C=O) groups is 1. The van der Waals surface area contributed by atoms with Gasteiger partial charge in [-0.05, 0) is 28.1 Å². The van der Waals surface area contributed by atoms with E-state index in [1.807, 2.05) is 29.2 Å². The number of morpholine rings is 1. The van der Waals surface area contributed by atoms with Crippen molar-refractivity contribution in [3.63, 3.8) is 0 Å². The molecule has 8 nitrogen and oxygen atoms in total. The van der Waals surface area contributed by atoms with E-state index < -0.39 is 0 Å². The van der Waals surface area contributed by atoms with Crippen LogP contribution in [0.5, 0.6) is 0 Å². The van der Waals surface area contributed by atoms with E-state index in [1.54, 1.807) is 0 Å². The summed E-state index contributed by atoms with van der Waals surface area (Å²) in [4.78, 5) is 18.8. The quantitative estimate of drug-likeness (QED) is 0.683. The summed E-state index contributed by atoms with van der Waals surface area (Å²) in [5.41, 5.74) is 0.896. The number of hydrogen-bond acceptors (Lipinski definition) is 7. The van der Waals surface area contributed by atoms with Crippen LogP contribution in [0.2, 0.25) is 0 Å². The maximum Gasteiger partial charge on any atom is 0.248 e.